The average Bonchev–Trinajstić information content (AvgIpc) is 3.65. The van der Waals surface area contributed by atoms with Crippen molar-refractivity contribution in [3.63, 3.8) is 0 Å². The van der Waals surface area contributed by atoms with Crippen molar-refractivity contribution in [2.75, 3.05) is 18.4 Å². The summed E-state index contributed by atoms with van der Waals surface area (Å²) in [5, 5.41) is 2.95. The van der Waals surface area contributed by atoms with Crippen LogP contribution in [0.15, 0.2) is 83.5 Å². The second-order valence-corrected chi connectivity index (χ2v) is 9.78. The van der Waals surface area contributed by atoms with Gasteiger partial charge in [-0.2, -0.15) is 0 Å². The number of amides is 2. The zero-order chi connectivity index (χ0) is 26.1. The Hall–Kier alpha value is -4.59. The van der Waals surface area contributed by atoms with Crippen LogP contribution < -0.4 is 5.32 Å². The minimum Gasteiger partial charge on any atom is -0.454 e. The Bertz CT molecular complexity index is 1540. The summed E-state index contributed by atoms with van der Waals surface area (Å²) >= 11 is 0. The van der Waals surface area contributed by atoms with Crippen LogP contribution in [-0.2, 0) is 11.3 Å². The molecule has 6 rings (SSSR count). The minimum atomic E-state index is -0.0851. The van der Waals surface area contributed by atoms with Gasteiger partial charge in [0.15, 0.2) is 5.58 Å². The van der Waals surface area contributed by atoms with Crippen LogP contribution in [0, 0.1) is 6.92 Å². The van der Waals surface area contributed by atoms with E-state index in [-0.39, 0.29) is 18.4 Å². The van der Waals surface area contributed by atoms with Gasteiger partial charge in [-0.15, -0.1) is 0 Å². The average molecular weight is 508 g/mol. The van der Waals surface area contributed by atoms with Gasteiger partial charge in [-0.3, -0.25) is 9.59 Å². The third-order valence-electron chi connectivity index (χ3n) is 7.28. The van der Waals surface area contributed by atoms with Crippen molar-refractivity contribution in [2.45, 2.75) is 32.2 Å². The quantitative estimate of drug-likeness (QED) is 0.313. The molecule has 0 aliphatic carbocycles. The fourth-order valence-corrected chi connectivity index (χ4v) is 5.13. The summed E-state index contributed by atoms with van der Waals surface area (Å²) < 4.78 is 7.79. The fourth-order valence-electron chi connectivity index (χ4n) is 5.13. The molecule has 0 radical (unpaired) electrons. The molecule has 1 saturated heterocycles. The van der Waals surface area contributed by atoms with Gasteiger partial charge < -0.3 is 24.2 Å². The van der Waals surface area contributed by atoms with E-state index < -0.39 is 0 Å². The highest BCUT2D eigenvalue weighted by Crippen LogP contribution is 2.31. The maximum atomic E-state index is 13.2. The first-order chi connectivity index (χ1) is 18.5. The Labute approximate surface area is 220 Å². The molecular formula is C30H29N5O3. The summed E-state index contributed by atoms with van der Waals surface area (Å²) in [5.74, 6) is 1.89. The number of hydrogen-bond acceptors (Lipinski definition) is 4. The third-order valence-corrected chi connectivity index (χ3v) is 7.28. The number of fused-ring (bicyclic) bond motifs is 1. The number of hydrogen-bond donors (Lipinski definition) is 2. The molecule has 2 N–H and O–H groups in total. The number of rotatable bonds is 6. The second-order valence-electron chi connectivity index (χ2n) is 9.78. The summed E-state index contributed by atoms with van der Waals surface area (Å²) in [6.07, 6.45) is 5.27. The monoisotopic (exact) mass is 507 g/mol. The molecule has 1 fully saturated rings. The number of H-pyrrole nitrogens is 1. The first-order valence-corrected chi connectivity index (χ1v) is 12.9. The number of furan rings is 1. The van der Waals surface area contributed by atoms with Gasteiger partial charge in [0, 0.05) is 48.9 Å². The van der Waals surface area contributed by atoms with Crippen LogP contribution >= 0.6 is 0 Å². The zero-order valence-corrected chi connectivity index (χ0v) is 21.2. The molecule has 4 heterocycles. The van der Waals surface area contributed by atoms with E-state index in [9.17, 15) is 9.59 Å². The lowest BCUT2D eigenvalue weighted by molar-refractivity contribution is -0.116. The minimum absolute atomic E-state index is 0.00213. The van der Waals surface area contributed by atoms with E-state index in [1.165, 1.54) is 5.56 Å². The number of piperidine rings is 1. The second kappa shape index (κ2) is 10.0. The van der Waals surface area contributed by atoms with Crippen LogP contribution in [-0.4, -0.2) is 44.3 Å². The largest absolute Gasteiger partial charge is 0.454 e. The van der Waals surface area contributed by atoms with Crippen LogP contribution in [0.4, 0.5) is 5.69 Å². The number of aromatic nitrogens is 3. The van der Waals surface area contributed by atoms with E-state index in [0.717, 1.165) is 41.2 Å². The number of anilines is 1. The lowest BCUT2D eigenvalue weighted by atomic mass is 9.89. The topological polar surface area (TPSA) is 96.2 Å². The molecule has 2 aromatic carbocycles. The SMILES string of the molecule is Cc1nccn1CC(=O)Nc1ccc(C2CCN(C(=O)c3cc4oc(-c5ccccc5)cc4[nH]3)CC2)cc1. The van der Waals surface area contributed by atoms with Crippen molar-refractivity contribution in [1.29, 1.82) is 0 Å². The van der Waals surface area contributed by atoms with Crippen molar-refractivity contribution in [2.24, 2.45) is 0 Å². The van der Waals surface area contributed by atoms with Gasteiger partial charge >= 0.3 is 0 Å². The van der Waals surface area contributed by atoms with Gasteiger partial charge in [0.2, 0.25) is 5.91 Å². The highest BCUT2D eigenvalue weighted by Gasteiger charge is 2.26. The molecular weight excluding hydrogens is 478 g/mol. The predicted molar refractivity (Wildman–Crippen MR) is 146 cm³/mol. The highest BCUT2D eigenvalue weighted by molar-refractivity contribution is 5.97. The molecule has 0 atom stereocenters. The van der Waals surface area contributed by atoms with Crippen molar-refractivity contribution >= 4 is 28.6 Å². The first kappa shape index (κ1) is 23.8. The summed E-state index contributed by atoms with van der Waals surface area (Å²) in [7, 11) is 0. The number of imidazole rings is 1. The summed E-state index contributed by atoms with van der Waals surface area (Å²) in [5.41, 5.74) is 5.08. The summed E-state index contributed by atoms with van der Waals surface area (Å²) in [6.45, 7) is 3.50. The molecule has 0 spiro atoms. The molecule has 2 amide bonds. The molecule has 0 bridgehead atoms. The van der Waals surface area contributed by atoms with E-state index >= 15 is 0 Å². The van der Waals surface area contributed by atoms with Crippen LogP contribution in [0.2, 0.25) is 0 Å². The Kier molecular flexibility index (Phi) is 6.29. The number of aryl methyl sites for hydroxylation is 1. The lowest BCUT2D eigenvalue weighted by Crippen LogP contribution is -2.38. The number of carbonyl (C=O) groups excluding carboxylic acids is 2. The number of carbonyl (C=O) groups is 2. The van der Waals surface area contributed by atoms with Crippen LogP contribution in [0.1, 0.15) is 40.6 Å². The molecule has 0 unspecified atom stereocenters. The zero-order valence-electron chi connectivity index (χ0n) is 21.2. The Balaban J connectivity index is 1.03. The smallest absolute Gasteiger partial charge is 0.270 e. The molecule has 5 aromatic rings. The van der Waals surface area contributed by atoms with Gasteiger partial charge in [0.05, 0.1) is 5.52 Å². The molecule has 1 aliphatic rings. The normalized spacial score (nSPS) is 14.2. The highest BCUT2D eigenvalue weighted by atomic mass is 16.3. The van der Waals surface area contributed by atoms with Crippen LogP contribution in [0.25, 0.3) is 22.4 Å². The van der Waals surface area contributed by atoms with Gasteiger partial charge in [-0.05, 0) is 43.4 Å². The number of nitrogens with zero attached hydrogens (tertiary/aromatic N) is 3. The first-order valence-electron chi connectivity index (χ1n) is 12.9. The third kappa shape index (κ3) is 4.85. The summed E-state index contributed by atoms with van der Waals surface area (Å²) in [4.78, 5) is 34.8. The van der Waals surface area contributed by atoms with Crippen LogP contribution in [0.5, 0.6) is 0 Å². The van der Waals surface area contributed by atoms with Gasteiger partial charge in [-0.25, -0.2) is 4.98 Å². The Morgan fingerprint density at radius 3 is 2.50 bits per heavy atom. The van der Waals surface area contributed by atoms with E-state index in [2.05, 4.69) is 27.4 Å². The van der Waals surface area contributed by atoms with Gasteiger partial charge in [0.1, 0.15) is 23.8 Å². The van der Waals surface area contributed by atoms with E-state index in [1.807, 2.05) is 64.9 Å². The molecule has 38 heavy (non-hydrogen) atoms. The molecule has 8 nitrogen and oxygen atoms in total. The summed E-state index contributed by atoms with van der Waals surface area (Å²) in [6, 6.07) is 21.7. The van der Waals surface area contributed by atoms with Gasteiger partial charge in [0.25, 0.3) is 5.91 Å². The standard InChI is InChI=1S/C30H29N5O3/c1-20-31-13-16-35(20)19-29(36)32-24-9-7-21(8-10-24)22-11-14-34(15-12-22)30(37)26-18-28-25(33-26)17-27(38-28)23-5-3-2-4-6-23/h2-10,13,16-18,22,33H,11-12,14-15,19H2,1H3,(H,32,36). The molecule has 0 saturated carbocycles. The van der Waals surface area contributed by atoms with Gasteiger partial charge in [-0.1, -0.05) is 42.5 Å². The van der Waals surface area contributed by atoms with E-state index in [1.54, 1.807) is 18.5 Å². The Morgan fingerprint density at radius 1 is 1.05 bits per heavy atom. The molecule has 3 aromatic heterocycles. The molecule has 8 heteroatoms. The number of aromatic amines is 1. The maximum Gasteiger partial charge on any atom is 0.270 e. The Morgan fingerprint density at radius 2 is 1.82 bits per heavy atom. The number of benzene rings is 2. The number of likely N-dealkylation sites (tertiary alicyclic amines) is 1. The van der Waals surface area contributed by atoms with Crippen molar-refractivity contribution in [1.82, 2.24) is 19.4 Å². The number of nitrogens with one attached hydrogen (secondary N) is 2. The lowest BCUT2D eigenvalue weighted by Gasteiger charge is -2.32. The van der Waals surface area contributed by atoms with Crippen molar-refractivity contribution in [3.8, 4) is 11.3 Å². The molecule has 192 valence electrons. The van der Waals surface area contributed by atoms with Crippen molar-refractivity contribution < 1.29 is 14.0 Å². The molecule has 1 aliphatic heterocycles. The predicted octanol–water partition coefficient (Wildman–Crippen LogP) is 5.59. The van der Waals surface area contributed by atoms with Crippen molar-refractivity contribution in [3.05, 3.63) is 96.2 Å². The van der Waals surface area contributed by atoms with E-state index in [0.29, 0.717) is 30.3 Å². The fraction of sp³-hybridized carbons (Fsp3) is 0.233. The van der Waals surface area contributed by atoms with Crippen LogP contribution in [0.3, 0.4) is 0 Å². The van der Waals surface area contributed by atoms with E-state index in [4.69, 9.17) is 4.42 Å². The maximum absolute atomic E-state index is 13.2.